The summed E-state index contributed by atoms with van der Waals surface area (Å²) < 4.78 is 10.6. The van der Waals surface area contributed by atoms with Crippen LogP contribution in [0.25, 0.3) is 0 Å². The van der Waals surface area contributed by atoms with Gasteiger partial charge in [-0.05, 0) is 17.7 Å². The minimum atomic E-state index is -1.53. The summed E-state index contributed by atoms with van der Waals surface area (Å²) >= 11 is 0. The second-order valence-corrected chi connectivity index (χ2v) is 11.6. The molecule has 1 atom stereocenters. The lowest BCUT2D eigenvalue weighted by Gasteiger charge is -2.18. The molecule has 1 heterocycles. The Morgan fingerprint density at radius 2 is 2.00 bits per heavy atom. The third-order valence-electron chi connectivity index (χ3n) is 3.08. The second kappa shape index (κ2) is 5.42. The second-order valence-electron chi connectivity index (χ2n) is 6.13. The number of aliphatic hydroxyl groups excluding tert-OH is 1. The topological polar surface area (TPSA) is 55.8 Å². The van der Waals surface area contributed by atoms with E-state index in [1.54, 1.807) is 12.1 Å². The average molecular weight is 292 g/mol. The van der Waals surface area contributed by atoms with Crippen LogP contribution in [-0.4, -0.2) is 25.8 Å². The molecule has 0 aromatic heterocycles. The summed E-state index contributed by atoms with van der Waals surface area (Å²) in [5.41, 5.74) is 1.04. The van der Waals surface area contributed by atoms with Crippen LogP contribution in [-0.2, 0) is 0 Å². The van der Waals surface area contributed by atoms with Gasteiger partial charge in [0.1, 0.15) is 0 Å². The van der Waals surface area contributed by atoms with Crippen LogP contribution in [0, 0.1) is 0 Å². The molecule has 0 saturated carbocycles. The molecule has 0 fully saturated rings. The van der Waals surface area contributed by atoms with Crippen molar-refractivity contribution in [1.29, 1.82) is 0 Å². The molecule has 4 nitrogen and oxygen atoms in total. The molecular formula is C15H20O4Si. The van der Waals surface area contributed by atoms with Crippen LogP contribution in [0.2, 0.25) is 25.7 Å². The molecule has 1 unspecified atom stereocenters. The van der Waals surface area contributed by atoms with Crippen molar-refractivity contribution in [3.05, 3.63) is 35.9 Å². The van der Waals surface area contributed by atoms with Gasteiger partial charge in [-0.1, -0.05) is 25.7 Å². The van der Waals surface area contributed by atoms with E-state index in [4.69, 9.17) is 9.47 Å². The first-order chi connectivity index (χ1) is 9.31. The van der Waals surface area contributed by atoms with Gasteiger partial charge in [-0.2, -0.15) is 0 Å². The molecule has 1 aromatic carbocycles. The number of hydrogen-bond acceptors (Lipinski definition) is 4. The number of hydrogen-bond donors (Lipinski definition) is 1. The number of benzene rings is 1. The minimum Gasteiger partial charge on any atom is -0.454 e. The quantitative estimate of drug-likeness (QED) is 0.514. The first-order valence-corrected chi connectivity index (χ1v) is 10.3. The minimum absolute atomic E-state index is 0.0402. The Labute approximate surface area is 120 Å². The molecule has 0 bridgehead atoms. The molecular weight excluding hydrogens is 272 g/mol. The summed E-state index contributed by atoms with van der Waals surface area (Å²) in [4.78, 5) is 12.5. The van der Waals surface area contributed by atoms with Gasteiger partial charge in [0.2, 0.25) is 6.79 Å². The smallest absolute Gasteiger partial charge is 0.231 e. The number of aliphatic hydroxyl groups is 1. The number of ether oxygens (including phenoxy) is 2. The van der Waals surface area contributed by atoms with Gasteiger partial charge < -0.3 is 14.6 Å². The van der Waals surface area contributed by atoms with E-state index in [1.165, 1.54) is 6.08 Å². The zero-order valence-corrected chi connectivity index (χ0v) is 13.1. The van der Waals surface area contributed by atoms with E-state index in [0.29, 0.717) is 28.7 Å². The number of carbonyl (C=O) groups is 1. The van der Waals surface area contributed by atoms with Gasteiger partial charge in [0, 0.05) is 11.6 Å². The highest BCUT2D eigenvalue weighted by atomic mass is 28.3. The van der Waals surface area contributed by atoms with Crippen LogP contribution in [0.4, 0.5) is 0 Å². The van der Waals surface area contributed by atoms with Crippen molar-refractivity contribution in [2.75, 3.05) is 6.79 Å². The maximum atomic E-state index is 12.5. The Morgan fingerprint density at radius 3 is 2.55 bits per heavy atom. The first-order valence-electron chi connectivity index (χ1n) is 6.59. The van der Waals surface area contributed by atoms with Gasteiger partial charge >= 0.3 is 0 Å². The fraction of sp³-hybridized carbons (Fsp3) is 0.400. The van der Waals surface area contributed by atoms with Crippen LogP contribution < -0.4 is 9.47 Å². The van der Waals surface area contributed by atoms with Crippen molar-refractivity contribution in [3.8, 4) is 11.5 Å². The highest BCUT2D eigenvalue weighted by Gasteiger charge is 2.26. The lowest BCUT2D eigenvalue weighted by Crippen LogP contribution is -2.24. The van der Waals surface area contributed by atoms with Crippen molar-refractivity contribution in [1.82, 2.24) is 0 Å². The van der Waals surface area contributed by atoms with E-state index < -0.39 is 14.2 Å². The van der Waals surface area contributed by atoms with Gasteiger partial charge in [-0.3, -0.25) is 4.79 Å². The highest BCUT2D eigenvalue weighted by molar-refractivity contribution is 6.79. The molecule has 108 valence electrons. The highest BCUT2D eigenvalue weighted by Crippen LogP contribution is 2.37. The predicted molar refractivity (Wildman–Crippen MR) is 80.2 cm³/mol. The van der Waals surface area contributed by atoms with Gasteiger partial charge in [-0.25, -0.2) is 0 Å². The summed E-state index contributed by atoms with van der Waals surface area (Å²) in [6, 6.07) is 3.88. The standard InChI is InChI=1S/C15H20O4Si/c1-5-12(16)10-6-14-15(19-9-18-14)7-11(10)13(17)8-20(2,3)4/h5-7,12,16H,1,8-9H2,2-4H3. The largest absolute Gasteiger partial charge is 0.454 e. The normalized spacial score (nSPS) is 15.0. The third-order valence-corrected chi connectivity index (χ3v) is 4.46. The fourth-order valence-electron chi connectivity index (χ4n) is 2.15. The molecule has 5 heteroatoms. The van der Waals surface area contributed by atoms with Crippen molar-refractivity contribution < 1.29 is 19.4 Å². The van der Waals surface area contributed by atoms with E-state index in [2.05, 4.69) is 26.2 Å². The van der Waals surface area contributed by atoms with Crippen LogP contribution in [0.5, 0.6) is 11.5 Å². The summed E-state index contributed by atoms with van der Waals surface area (Å²) in [5, 5.41) is 10.0. The zero-order chi connectivity index (χ0) is 14.9. The molecule has 0 spiro atoms. The zero-order valence-electron chi connectivity index (χ0n) is 12.1. The molecule has 0 saturated heterocycles. The molecule has 0 aliphatic carbocycles. The van der Waals surface area contributed by atoms with Gasteiger partial charge in [0.15, 0.2) is 17.3 Å². The number of fused-ring (bicyclic) bond motifs is 1. The lowest BCUT2D eigenvalue weighted by atomic mass is 9.98. The molecule has 0 radical (unpaired) electrons. The Hall–Kier alpha value is -1.59. The Balaban J connectivity index is 2.44. The van der Waals surface area contributed by atoms with Crippen molar-refractivity contribution in [3.63, 3.8) is 0 Å². The molecule has 0 amide bonds. The molecule has 20 heavy (non-hydrogen) atoms. The number of rotatable bonds is 5. The monoisotopic (exact) mass is 292 g/mol. The van der Waals surface area contributed by atoms with E-state index in [0.717, 1.165) is 0 Å². The van der Waals surface area contributed by atoms with Crippen LogP contribution >= 0.6 is 0 Å². The Bertz CT molecular complexity index is 546. The molecule has 2 rings (SSSR count). The summed E-state index contributed by atoms with van der Waals surface area (Å²) in [5.74, 6) is 1.16. The van der Waals surface area contributed by atoms with Gasteiger partial charge in [-0.15, -0.1) is 6.58 Å². The van der Waals surface area contributed by atoms with Crippen LogP contribution in [0.1, 0.15) is 22.0 Å². The number of Topliss-reactive ketones (excluding diaryl/α,β-unsaturated/α-hetero) is 1. The Kier molecular flexibility index (Phi) is 4.01. The van der Waals surface area contributed by atoms with Crippen molar-refractivity contribution in [2.45, 2.75) is 31.8 Å². The fourth-order valence-corrected chi connectivity index (χ4v) is 3.30. The summed E-state index contributed by atoms with van der Waals surface area (Å²) in [6.45, 7) is 10.1. The van der Waals surface area contributed by atoms with E-state index >= 15 is 0 Å². The lowest BCUT2D eigenvalue weighted by molar-refractivity contribution is 0.101. The van der Waals surface area contributed by atoms with Crippen LogP contribution in [0.3, 0.4) is 0 Å². The number of ketones is 1. The maximum absolute atomic E-state index is 12.5. The van der Waals surface area contributed by atoms with Crippen molar-refractivity contribution >= 4 is 13.9 Å². The molecule has 1 N–H and O–H groups in total. The van der Waals surface area contributed by atoms with Crippen molar-refractivity contribution in [2.24, 2.45) is 0 Å². The van der Waals surface area contributed by atoms with E-state index in [-0.39, 0.29) is 12.6 Å². The van der Waals surface area contributed by atoms with E-state index in [1.807, 2.05) is 0 Å². The third kappa shape index (κ3) is 3.11. The van der Waals surface area contributed by atoms with Crippen LogP contribution in [0.15, 0.2) is 24.8 Å². The predicted octanol–water partition coefficient (Wildman–Crippen LogP) is 3.16. The number of carbonyl (C=O) groups excluding carboxylic acids is 1. The van der Waals surface area contributed by atoms with Gasteiger partial charge in [0.05, 0.1) is 14.2 Å². The first kappa shape index (κ1) is 14.8. The molecule has 1 aliphatic heterocycles. The SMILES string of the molecule is C=CC(O)c1cc2c(cc1C(=O)C[Si](C)(C)C)OCO2. The summed E-state index contributed by atoms with van der Waals surface area (Å²) in [6.07, 6.45) is 0.521. The van der Waals surface area contributed by atoms with Gasteiger partial charge in [0.25, 0.3) is 0 Å². The molecule has 1 aliphatic rings. The Morgan fingerprint density at radius 1 is 1.40 bits per heavy atom. The maximum Gasteiger partial charge on any atom is 0.231 e. The summed E-state index contributed by atoms with van der Waals surface area (Å²) in [7, 11) is -1.53. The molecule has 1 aromatic rings. The van der Waals surface area contributed by atoms with E-state index in [9.17, 15) is 9.90 Å². The average Bonchev–Trinajstić information content (AvgIpc) is 2.81.